The number of aryl methyl sites for hydroxylation is 1. The molecule has 0 bridgehead atoms. The van der Waals surface area contributed by atoms with Crippen LogP contribution < -0.4 is 10.7 Å². The van der Waals surface area contributed by atoms with Crippen LogP contribution in [0.1, 0.15) is 40.5 Å². The molecule has 28 heavy (non-hydrogen) atoms. The first-order valence-corrected chi connectivity index (χ1v) is 8.29. The Labute approximate surface area is 157 Å². The quantitative estimate of drug-likeness (QED) is 0.737. The molecule has 0 aliphatic rings. The zero-order chi connectivity index (χ0) is 20.5. The molecule has 9 heteroatoms. The second kappa shape index (κ2) is 7.34. The molecule has 0 saturated heterocycles. The van der Waals surface area contributed by atoms with Crippen LogP contribution in [0, 0.1) is 6.92 Å². The van der Waals surface area contributed by atoms with Gasteiger partial charge in [0.2, 0.25) is 5.43 Å². The van der Waals surface area contributed by atoms with Crippen molar-refractivity contribution in [1.29, 1.82) is 0 Å². The van der Waals surface area contributed by atoms with Gasteiger partial charge in [0.1, 0.15) is 5.76 Å². The summed E-state index contributed by atoms with van der Waals surface area (Å²) in [4.78, 5) is 24.7. The minimum Gasteiger partial charge on any atom is -0.467 e. The van der Waals surface area contributed by atoms with Crippen molar-refractivity contribution in [3.05, 3.63) is 81.7 Å². The number of furan rings is 1. The molecule has 1 atom stereocenters. The zero-order valence-corrected chi connectivity index (χ0v) is 14.9. The van der Waals surface area contributed by atoms with Gasteiger partial charge in [0, 0.05) is 11.8 Å². The number of amides is 1. The molecule has 0 radical (unpaired) electrons. The number of hydrogen-bond donors (Lipinski definition) is 1. The molecule has 0 aliphatic carbocycles. The summed E-state index contributed by atoms with van der Waals surface area (Å²) < 4.78 is 45.3. The normalized spacial score (nSPS) is 12.6. The molecule has 1 amide bonds. The average molecular weight is 391 g/mol. The van der Waals surface area contributed by atoms with Gasteiger partial charge >= 0.3 is 6.18 Å². The molecule has 0 aliphatic heterocycles. The van der Waals surface area contributed by atoms with E-state index in [2.05, 4.69) is 10.4 Å². The van der Waals surface area contributed by atoms with E-state index in [9.17, 15) is 22.8 Å². The Hall–Kier alpha value is -3.36. The number of aromatic nitrogens is 2. The van der Waals surface area contributed by atoms with Crippen molar-refractivity contribution in [2.45, 2.75) is 26.1 Å². The van der Waals surface area contributed by atoms with Crippen molar-refractivity contribution in [2.24, 2.45) is 0 Å². The van der Waals surface area contributed by atoms with E-state index in [1.807, 2.05) is 0 Å². The van der Waals surface area contributed by atoms with E-state index in [-0.39, 0.29) is 5.69 Å². The lowest BCUT2D eigenvalue weighted by Crippen LogP contribution is -2.33. The maximum absolute atomic E-state index is 13.0. The minimum atomic E-state index is -4.53. The van der Waals surface area contributed by atoms with Crippen LogP contribution in [0.2, 0.25) is 0 Å². The van der Waals surface area contributed by atoms with Crippen molar-refractivity contribution >= 4 is 5.91 Å². The zero-order valence-electron chi connectivity index (χ0n) is 14.9. The van der Waals surface area contributed by atoms with Crippen molar-refractivity contribution < 1.29 is 22.4 Å². The maximum Gasteiger partial charge on any atom is 0.416 e. The molecular weight excluding hydrogens is 375 g/mol. The van der Waals surface area contributed by atoms with Crippen LogP contribution in [0.4, 0.5) is 13.2 Å². The predicted octanol–water partition coefficient (Wildman–Crippen LogP) is 3.64. The van der Waals surface area contributed by atoms with Crippen molar-refractivity contribution in [3.8, 4) is 5.69 Å². The third kappa shape index (κ3) is 3.98. The molecule has 0 fully saturated rings. The van der Waals surface area contributed by atoms with Crippen LogP contribution in [-0.4, -0.2) is 15.7 Å². The van der Waals surface area contributed by atoms with Gasteiger partial charge in [0.05, 0.1) is 23.6 Å². The molecule has 3 rings (SSSR count). The molecule has 3 aromatic rings. The summed E-state index contributed by atoms with van der Waals surface area (Å²) >= 11 is 0. The van der Waals surface area contributed by atoms with E-state index in [4.69, 9.17) is 4.42 Å². The summed E-state index contributed by atoms with van der Waals surface area (Å²) in [5.74, 6) is -0.270. The van der Waals surface area contributed by atoms with Gasteiger partial charge in [-0.15, -0.1) is 0 Å². The number of benzene rings is 1. The molecule has 6 nitrogen and oxygen atoms in total. The Kier molecular flexibility index (Phi) is 5.08. The first-order valence-electron chi connectivity index (χ1n) is 8.29. The number of rotatable bonds is 4. The lowest BCUT2D eigenvalue weighted by atomic mass is 10.2. The molecule has 0 spiro atoms. The van der Waals surface area contributed by atoms with E-state index < -0.39 is 34.8 Å². The van der Waals surface area contributed by atoms with E-state index in [0.717, 1.165) is 22.9 Å². The predicted molar refractivity (Wildman–Crippen MR) is 94.2 cm³/mol. The average Bonchev–Trinajstić information content (AvgIpc) is 3.16. The van der Waals surface area contributed by atoms with Gasteiger partial charge in [0.25, 0.3) is 5.91 Å². The number of carbonyl (C=O) groups is 1. The monoisotopic (exact) mass is 391 g/mol. The van der Waals surface area contributed by atoms with E-state index in [1.54, 1.807) is 19.1 Å². The van der Waals surface area contributed by atoms with Gasteiger partial charge in [0.15, 0.2) is 5.69 Å². The summed E-state index contributed by atoms with van der Waals surface area (Å²) in [6, 6.07) is 8.42. The molecular formula is C19H16F3N3O3. The molecule has 2 aromatic heterocycles. The van der Waals surface area contributed by atoms with Gasteiger partial charge < -0.3 is 9.73 Å². The first kappa shape index (κ1) is 19.4. The third-order valence-corrected chi connectivity index (χ3v) is 4.06. The summed E-state index contributed by atoms with van der Waals surface area (Å²) in [5.41, 5.74) is -1.55. The highest BCUT2D eigenvalue weighted by Gasteiger charge is 2.30. The molecule has 2 heterocycles. The topological polar surface area (TPSA) is 77.1 Å². The second-order valence-electron chi connectivity index (χ2n) is 6.17. The number of hydrogen-bond acceptors (Lipinski definition) is 4. The highest BCUT2D eigenvalue weighted by Crippen LogP contribution is 2.30. The fourth-order valence-corrected chi connectivity index (χ4v) is 2.65. The van der Waals surface area contributed by atoms with Crippen molar-refractivity contribution in [1.82, 2.24) is 15.1 Å². The van der Waals surface area contributed by atoms with Crippen LogP contribution in [-0.2, 0) is 6.18 Å². The van der Waals surface area contributed by atoms with Gasteiger partial charge in [-0.3, -0.25) is 9.59 Å². The lowest BCUT2D eigenvalue weighted by Gasteiger charge is -2.15. The smallest absolute Gasteiger partial charge is 0.416 e. The van der Waals surface area contributed by atoms with E-state index >= 15 is 0 Å². The maximum atomic E-state index is 13.0. The Morgan fingerprint density at radius 2 is 1.96 bits per heavy atom. The fraction of sp³-hybridized carbons (Fsp3) is 0.211. The van der Waals surface area contributed by atoms with Gasteiger partial charge in [-0.25, -0.2) is 4.68 Å². The highest BCUT2D eigenvalue weighted by atomic mass is 19.4. The fourth-order valence-electron chi connectivity index (χ4n) is 2.65. The minimum absolute atomic E-state index is 0.0838. The van der Waals surface area contributed by atoms with E-state index in [1.165, 1.54) is 25.3 Å². The summed E-state index contributed by atoms with van der Waals surface area (Å²) in [7, 11) is 0. The molecule has 0 saturated carbocycles. The van der Waals surface area contributed by atoms with Gasteiger partial charge in [-0.2, -0.15) is 18.3 Å². The Bertz CT molecular complexity index is 1060. The summed E-state index contributed by atoms with van der Waals surface area (Å²) in [5, 5.41) is 6.58. The van der Waals surface area contributed by atoms with Gasteiger partial charge in [-0.05, 0) is 44.2 Å². The number of nitrogens with zero attached hydrogens (tertiary/aromatic N) is 2. The second-order valence-corrected chi connectivity index (χ2v) is 6.17. The summed E-state index contributed by atoms with van der Waals surface area (Å²) in [6.07, 6.45) is -3.08. The highest BCUT2D eigenvalue weighted by molar-refractivity contribution is 5.92. The molecule has 146 valence electrons. The van der Waals surface area contributed by atoms with Crippen LogP contribution in [0.15, 0.2) is 57.9 Å². The van der Waals surface area contributed by atoms with Gasteiger partial charge in [-0.1, -0.05) is 6.07 Å². The van der Waals surface area contributed by atoms with Crippen LogP contribution in [0.5, 0.6) is 0 Å². The Morgan fingerprint density at radius 1 is 1.21 bits per heavy atom. The largest absolute Gasteiger partial charge is 0.467 e. The van der Waals surface area contributed by atoms with Crippen molar-refractivity contribution in [2.75, 3.05) is 0 Å². The first-order chi connectivity index (χ1) is 13.2. The molecule has 1 unspecified atom stereocenters. The molecule has 1 N–H and O–H groups in total. The third-order valence-electron chi connectivity index (χ3n) is 4.06. The van der Waals surface area contributed by atoms with Crippen LogP contribution in [0.3, 0.4) is 0 Å². The molecule has 1 aromatic carbocycles. The Morgan fingerprint density at radius 3 is 2.61 bits per heavy atom. The number of halogens is 3. The Balaban J connectivity index is 1.97. The van der Waals surface area contributed by atoms with Crippen LogP contribution in [0.25, 0.3) is 5.69 Å². The van der Waals surface area contributed by atoms with Crippen LogP contribution >= 0.6 is 0 Å². The lowest BCUT2D eigenvalue weighted by molar-refractivity contribution is -0.137. The van der Waals surface area contributed by atoms with Crippen molar-refractivity contribution in [3.63, 3.8) is 0 Å². The standard InChI is InChI=1S/C19H16F3N3O3/c1-11-9-15(26)17(18(27)23-12(2)16-7-4-8-28-16)24-25(11)14-6-3-5-13(10-14)19(20,21)22/h3-10,12H,1-2H3,(H,23,27). The number of nitrogens with one attached hydrogen (secondary N) is 1. The number of alkyl halides is 3. The summed E-state index contributed by atoms with van der Waals surface area (Å²) in [6.45, 7) is 3.18. The van der Waals surface area contributed by atoms with E-state index in [0.29, 0.717) is 11.5 Å². The number of carbonyl (C=O) groups excluding carboxylic acids is 1. The SMILES string of the molecule is Cc1cc(=O)c(C(=O)NC(C)c2ccco2)nn1-c1cccc(C(F)(F)F)c1.